The lowest BCUT2D eigenvalue weighted by Gasteiger charge is -2.17. The number of hydrogen-bond acceptors (Lipinski definition) is 4. The predicted octanol–water partition coefficient (Wildman–Crippen LogP) is 3.09. The summed E-state index contributed by atoms with van der Waals surface area (Å²) in [5.41, 5.74) is 0.977. The summed E-state index contributed by atoms with van der Waals surface area (Å²) in [6.45, 7) is 5.38. The first-order valence-corrected chi connectivity index (χ1v) is 9.84. The van der Waals surface area contributed by atoms with Crippen LogP contribution in [0.5, 0.6) is 11.5 Å². The molecule has 0 saturated carbocycles. The summed E-state index contributed by atoms with van der Waals surface area (Å²) >= 11 is 0. The van der Waals surface area contributed by atoms with Crippen LogP contribution < -0.4 is 25.4 Å². The molecular weight excluding hydrogens is 514 g/mol. The number of aliphatic imine (C=N–C) groups is 1. The summed E-state index contributed by atoms with van der Waals surface area (Å²) in [5.74, 6) is 1.39. The van der Waals surface area contributed by atoms with Gasteiger partial charge in [0.2, 0.25) is 5.91 Å². The zero-order chi connectivity index (χ0) is 21.8. The summed E-state index contributed by atoms with van der Waals surface area (Å²) in [6, 6.07) is 13.4. The minimum absolute atomic E-state index is 0. The van der Waals surface area contributed by atoms with Crippen molar-refractivity contribution in [1.82, 2.24) is 16.0 Å². The van der Waals surface area contributed by atoms with E-state index in [0.717, 1.165) is 11.3 Å². The molecular formula is C22H30FIN4O3. The van der Waals surface area contributed by atoms with Crippen molar-refractivity contribution in [3.63, 3.8) is 0 Å². The van der Waals surface area contributed by atoms with Gasteiger partial charge in [-0.3, -0.25) is 4.79 Å². The molecule has 1 amide bonds. The Hall–Kier alpha value is -2.56. The van der Waals surface area contributed by atoms with E-state index in [-0.39, 0.29) is 48.3 Å². The molecule has 0 aromatic heterocycles. The number of rotatable bonds is 10. The minimum Gasteiger partial charge on any atom is -0.497 e. The van der Waals surface area contributed by atoms with E-state index in [9.17, 15) is 9.18 Å². The minimum atomic E-state index is -0.306. The third-order valence-corrected chi connectivity index (χ3v) is 4.08. The van der Waals surface area contributed by atoms with Gasteiger partial charge in [-0.15, -0.1) is 24.0 Å². The van der Waals surface area contributed by atoms with Gasteiger partial charge < -0.3 is 25.4 Å². The number of hydrogen-bond donors (Lipinski definition) is 3. The van der Waals surface area contributed by atoms with E-state index < -0.39 is 0 Å². The lowest BCUT2D eigenvalue weighted by atomic mass is 10.2. The maximum Gasteiger partial charge on any atom is 0.242 e. The van der Waals surface area contributed by atoms with Crippen molar-refractivity contribution < 1.29 is 18.7 Å². The van der Waals surface area contributed by atoms with Crippen molar-refractivity contribution in [2.45, 2.75) is 26.5 Å². The monoisotopic (exact) mass is 544 g/mol. The third kappa shape index (κ3) is 10.3. The molecule has 2 rings (SSSR count). The van der Waals surface area contributed by atoms with Gasteiger partial charge in [-0.1, -0.05) is 12.1 Å². The molecule has 0 saturated heterocycles. The average molecular weight is 544 g/mol. The van der Waals surface area contributed by atoms with Crippen molar-refractivity contribution in [3.8, 4) is 11.5 Å². The zero-order valence-corrected chi connectivity index (χ0v) is 20.3. The number of halogens is 2. The van der Waals surface area contributed by atoms with Gasteiger partial charge in [0.25, 0.3) is 0 Å². The molecule has 0 spiro atoms. The van der Waals surface area contributed by atoms with E-state index in [0.29, 0.717) is 31.3 Å². The summed E-state index contributed by atoms with van der Waals surface area (Å²) < 4.78 is 23.8. The van der Waals surface area contributed by atoms with Crippen LogP contribution >= 0.6 is 24.0 Å². The number of ether oxygens (including phenoxy) is 2. The smallest absolute Gasteiger partial charge is 0.242 e. The van der Waals surface area contributed by atoms with Crippen LogP contribution in [0.3, 0.4) is 0 Å². The van der Waals surface area contributed by atoms with Gasteiger partial charge in [0.05, 0.1) is 13.7 Å². The number of carbonyl (C=O) groups excluding carboxylic acids is 1. The van der Waals surface area contributed by atoms with Crippen LogP contribution in [0.2, 0.25) is 0 Å². The molecule has 2 aromatic rings. The second kappa shape index (κ2) is 14.4. The van der Waals surface area contributed by atoms with Crippen molar-refractivity contribution in [1.29, 1.82) is 0 Å². The predicted molar refractivity (Wildman–Crippen MR) is 131 cm³/mol. The molecule has 0 aliphatic rings. The zero-order valence-electron chi connectivity index (χ0n) is 18.0. The van der Waals surface area contributed by atoms with Gasteiger partial charge in [0, 0.05) is 13.1 Å². The fourth-order valence-electron chi connectivity index (χ4n) is 2.52. The molecule has 1 unspecified atom stereocenters. The summed E-state index contributed by atoms with van der Waals surface area (Å²) in [5, 5.41) is 9.07. The Kier molecular flexibility index (Phi) is 12.3. The van der Waals surface area contributed by atoms with E-state index in [4.69, 9.17) is 9.47 Å². The Morgan fingerprint density at radius 1 is 1.03 bits per heavy atom. The largest absolute Gasteiger partial charge is 0.497 e. The highest BCUT2D eigenvalue weighted by Crippen LogP contribution is 2.13. The highest BCUT2D eigenvalue weighted by molar-refractivity contribution is 14.0. The number of guanidine groups is 1. The van der Waals surface area contributed by atoms with Crippen LogP contribution in [-0.4, -0.2) is 44.7 Å². The number of benzene rings is 2. The molecule has 31 heavy (non-hydrogen) atoms. The van der Waals surface area contributed by atoms with Crippen LogP contribution in [0, 0.1) is 5.82 Å². The second-order valence-corrected chi connectivity index (χ2v) is 6.58. The van der Waals surface area contributed by atoms with Gasteiger partial charge in [-0.05, 0) is 55.8 Å². The first-order valence-electron chi connectivity index (χ1n) is 9.84. The Morgan fingerprint density at radius 2 is 1.68 bits per heavy atom. The fourth-order valence-corrected chi connectivity index (χ4v) is 2.52. The topological polar surface area (TPSA) is 84.0 Å². The molecule has 0 aliphatic heterocycles. The molecule has 2 aromatic carbocycles. The molecule has 7 nitrogen and oxygen atoms in total. The number of nitrogens with zero attached hydrogens (tertiary/aromatic N) is 1. The first-order chi connectivity index (χ1) is 14.5. The Morgan fingerprint density at radius 3 is 2.29 bits per heavy atom. The molecule has 0 radical (unpaired) electrons. The second-order valence-electron chi connectivity index (χ2n) is 6.58. The van der Waals surface area contributed by atoms with Crippen molar-refractivity contribution >= 4 is 35.8 Å². The highest BCUT2D eigenvalue weighted by atomic mass is 127. The maximum absolute atomic E-state index is 13.0. The maximum atomic E-state index is 13.0. The molecule has 170 valence electrons. The molecule has 0 fully saturated rings. The normalized spacial score (nSPS) is 11.7. The summed E-state index contributed by atoms with van der Waals surface area (Å²) in [7, 11) is 1.61. The van der Waals surface area contributed by atoms with Crippen LogP contribution in [-0.2, 0) is 11.3 Å². The standard InChI is InChI=1S/C22H29FN4O3.HI/c1-4-24-22(26-13-16(2)30-20-11-7-18(23)8-12-20)27-15-21(28)25-14-17-5-9-19(29-3)10-6-17;/h5-12,16H,4,13-15H2,1-3H3,(H,25,28)(H2,24,26,27);1H. The van der Waals surface area contributed by atoms with Gasteiger partial charge in [0.15, 0.2) is 5.96 Å². The molecule has 0 aliphatic carbocycles. The van der Waals surface area contributed by atoms with E-state index in [1.165, 1.54) is 12.1 Å². The Labute approximate surface area is 199 Å². The van der Waals surface area contributed by atoms with Crippen LogP contribution in [0.1, 0.15) is 19.4 Å². The Balaban J connectivity index is 0.00000480. The average Bonchev–Trinajstić information content (AvgIpc) is 2.76. The van der Waals surface area contributed by atoms with Crippen LogP contribution in [0.15, 0.2) is 53.5 Å². The van der Waals surface area contributed by atoms with Gasteiger partial charge in [-0.25, -0.2) is 9.38 Å². The molecule has 9 heteroatoms. The van der Waals surface area contributed by atoms with Crippen LogP contribution in [0.4, 0.5) is 4.39 Å². The number of nitrogens with one attached hydrogen (secondary N) is 3. The Bertz CT molecular complexity index is 817. The highest BCUT2D eigenvalue weighted by Gasteiger charge is 2.07. The molecule has 3 N–H and O–H groups in total. The van der Waals surface area contributed by atoms with Crippen molar-refractivity contribution in [2.24, 2.45) is 4.99 Å². The SMILES string of the molecule is CCNC(=NCC(=O)NCc1ccc(OC)cc1)NCC(C)Oc1ccc(F)cc1.I. The quantitative estimate of drug-likeness (QED) is 0.243. The lowest BCUT2D eigenvalue weighted by Crippen LogP contribution is -2.42. The fraction of sp³-hybridized carbons (Fsp3) is 0.364. The van der Waals surface area contributed by atoms with E-state index >= 15 is 0 Å². The van der Waals surface area contributed by atoms with Gasteiger partial charge in [-0.2, -0.15) is 0 Å². The van der Waals surface area contributed by atoms with Gasteiger partial charge >= 0.3 is 0 Å². The van der Waals surface area contributed by atoms with E-state index in [1.54, 1.807) is 19.2 Å². The molecule has 1 atom stereocenters. The van der Waals surface area contributed by atoms with E-state index in [2.05, 4.69) is 20.9 Å². The lowest BCUT2D eigenvalue weighted by molar-refractivity contribution is -0.119. The first kappa shape index (κ1) is 26.5. The van der Waals surface area contributed by atoms with Gasteiger partial charge in [0.1, 0.15) is 30.0 Å². The van der Waals surface area contributed by atoms with Crippen LogP contribution in [0.25, 0.3) is 0 Å². The molecule has 0 heterocycles. The summed E-state index contributed by atoms with van der Waals surface area (Å²) in [4.78, 5) is 16.4. The molecule has 0 bridgehead atoms. The third-order valence-electron chi connectivity index (χ3n) is 4.08. The number of methoxy groups -OCH3 is 1. The summed E-state index contributed by atoms with van der Waals surface area (Å²) in [6.07, 6.45) is -0.178. The van der Waals surface area contributed by atoms with Crippen molar-refractivity contribution in [3.05, 3.63) is 59.9 Å². The number of carbonyl (C=O) groups is 1. The van der Waals surface area contributed by atoms with E-state index in [1.807, 2.05) is 38.1 Å². The number of amides is 1. The van der Waals surface area contributed by atoms with Crippen molar-refractivity contribution in [2.75, 3.05) is 26.7 Å².